The monoisotopic (exact) mass is 206 g/mol. The summed E-state index contributed by atoms with van der Waals surface area (Å²) >= 11 is 5.75. The third-order valence-electron chi connectivity index (χ3n) is 2.25. The summed E-state index contributed by atoms with van der Waals surface area (Å²) in [7, 11) is 0. The predicted molar refractivity (Wildman–Crippen MR) is 58.6 cm³/mol. The zero-order valence-electron chi connectivity index (χ0n) is 8.16. The molecule has 0 saturated heterocycles. The van der Waals surface area contributed by atoms with Gasteiger partial charge in [-0.2, -0.15) is 0 Å². The molecule has 0 bridgehead atoms. The van der Waals surface area contributed by atoms with Crippen molar-refractivity contribution in [3.63, 3.8) is 0 Å². The number of fused-ring (bicyclic) bond motifs is 1. The van der Waals surface area contributed by atoms with Crippen LogP contribution >= 0.6 is 11.6 Å². The average molecular weight is 207 g/mol. The SMILES string of the molecule is CC(C)c1ccc2cc(Cl)nnc2c1. The molecule has 2 rings (SSSR count). The standard InChI is InChI=1S/C11H11ClN2/c1-7(2)8-3-4-9-6-11(12)14-13-10(9)5-8/h3-7H,1-2H3. The molecular weight excluding hydrogens is 196 g/mol. The van der Waals surface area contributed by atoms with E-state index < -0.39 is 0 Å². The zero-order valence-corrected chi connectivity index (χ0v) is 8.92. The Balaban J connectivity index is 2.62. The van der Waals surface area contributed by atoms with Crippen LogP contribution < -0.4 is 0 Å². The molecule has 2 nitrogen and oxygen atoms in total. The van der Waals surface area contributed by atoms with Gasteiger partial charge in [0.05, 0.1) is 5.52 Å². The number of nitrogens with zero attached hydrogens (tertiary/aromatic N) is 2. The maximum atomic E-state index is 5.75. The highest BCUT2D eigenvalue weighted by molar-refractivity contribution is 6.29. The van der Waals surface area contributed by atoms with Crippen LogP contribution in [0, 0.1) is 0 Å². The summed E-state index contributed by atoms with van der Waals surface area (Å²) in [5.74, 6) is 0.511. The number of hydrogen-bond donors (Lipinski definition) is 0. The van der Waals surface area contributed by atoms with Crippen molar-refractivity contribution < 1.29 is 0 Å². The molecule has 0 unspecified atom stereocenters. The molecule has 0 atom stereocenters. The van der Waals surface area contributed by atoms with Gasteiger partial charge in [-0.15, -0.1) is 10.2 Å². The molecule has 72 valence electrons. The van der Waals surface area contributed by atoms with Crippen LogP contribution in [0.2, 0.25) is 5.15 Å². The molecule has 0 spiro atoms. The van der Waals surface area contributed by atoms with Crippen molar-refractivity contribution >= 4 is 22.5 Å². The molecule has 0 N–H and O–H groups in total. The highest BCUT2D eigenvalue weighted by Gasteiger charge is 2.02. The molecule has 1 heterocycles. The molecule has 0 aliphatic carbocycles. The van der Waals surface area contributed by atoms with Crippen molar-refractivity contribution in [2.24, 2.45) is 0 Å². The van der Waals surface area contributed by atoms with Crippen LogP contribution in [0.5, 0.6) is 0 Å². The van der Waals surface area contributed by atoms with Gasteiger partial charge in [0.25, 0.3) is 0 Å². The smallest absolute Gasteiger partial charge is 0.149 e. The van der Waals surface area contributed by atoms with Crippen LogP contribution in [0.1, 0.15) is 25.3 Å². The second kappa shape index (κ2) is 3.54. The maximum absolute atomic E-state index is 5.75. The Kier molecular flexibility index (Phi) is 2.38. The first kappa shape index (κ1) is 9.41. The van der Waals surface area contributed by atoms with Crippen molar-refractivity contribution in [3.8, 4) is 0 Å². The van der Waals surface area contributed by atoms with E-state index in [1.807, 2.05) is 12.1 Å². The van der Waals surface area contributed by atoms with Crippen molar-refractivity contribution in [2.75, 3.05) is 0 Å². The Bertz CT molecular complexity index is 466. The van der Waals surface area contributed by atoms with E-state index in [0.717, 1.165) is 10.9 Å². The normalized spacial score (nSPS) is 11.1. The van der Waals surface area contributed by atoms with E-state index in [2.05, 4.69) is 36.2 Å². The Morgan fingerprint density at radius 1 is 1.14 bits per heavy atom. The number of halogens is 1. The Morgan fingerprint density at radius 2 is 1.93 bits per heavy atom. The predicted octanol–water partition coefficient (Wildman–Crippen LogP) is 3.41. The lowest BCUT2D eigenvalue weighted by Gasteiger charge is -2.05. The lowest BCUT2D eigenvalue weighted by molar-refractivity contribution is 0.867. The molecule has 1 aromatic heterocycles. The first-order chi connectivity index (χ1) is 6.66. The molecule has 0 amide bonds. The minimum absolute atomic E-state index is 0.440. The van der Waals surface area contributed by atoms with Gasteiger partial charge in [-0.1, -0.05) is 37.6 Å². The minimum atomic E-state index is 0.440. The number of rotatable bonds is 1. The quantitative estimate of drug-likeness (QED) is 0.715. The lowest BCUT2D eigenvalue weighted by atomic mass is 10.0. The van der Waals surface area contributed by atoms with E-state index in [1.165, 1.54) is 5.56 Å². The van der Waals surface area contributed by atoms with E-state index in [0.29, 0.717) is 11.1 Å². The second-order valence-corrected chi connectivity index (χ2v) is 4.03. The third-order valence-corrected chi connectivity index (χ3v) is 2.43. The minimum Gasteiger partial charge on any atom is -0.149 e. The summed E-state index contributed by atoms with van der Waals surface area (Å²) < 4.78 is 0. The van der Waals surface area contributed by atoms with Gasteiger partial charge >= 0.3 is 0 Å². The Labute approximate surface area is 87.9 Å². The Hall–Kier alpha value is -1.15. The van der Waals surface area contributed by atoms with Crippen LogP contribution in [0.15, 0.2) is 24.3 Å². The molecule has 0 aliphatic rings. The number of benzene rings is 1. The second-order valence-electron chi connectivity index (χ2n) is 3.64. The van der Waals surface area contributed by atoms with Gasteiger partial charge in [-0.3, -0.25) is 0 Å². The molecule has 0 fully saturated rings. The van der Waals surface area contributed by atoms with Gasteiger partial charge in [-0.05, 0) is 23.6 Å². The first-order valence-corrected chi connectivity index (χ1v) is 4.97. The summed E-state index contributed by atoms with van der Waals surface area (Å²) in [6, 6.07) is 8.02. The summed E-state index contributed by atoms with van der Waals surface area (Å²) in [4.78, 5) is 0. The van der Waals surface area contributed by atoms with Gasteiger partial charge < -0.3 is 0 Å². The zero-order chi connectivity index (χ0) is 10.1. The topological polar surface area (TPSA) is 25.8 Å². The molecule has 0 radical (unpaired) electrons. The summed E-state index contributed by atoms with van der Waals surface area (Å²) in [6.45, 7) is 4.31. The van der Waals surface area contributed by atoms with Crippen LogP contribution in [0.4, 0.5) is 0 Å². The highest BCUT2D eigenvalue weighted by Crippen LogP contribution is 2.20. The van der Waals surface area contributed by atoms with Crippen LogP contribution in [0.3, 0.4) is 0 Å². The molecule has 0 aliphatic heterocycles. The molecular formula is C11H11ClN2. The van der Waals surface area contributed by atoms with E-state index in [1.54, 1.807) is 0 Å². The van der Waals surface area contributed by atoms with Crippen LogP contribution in [-0.4, -0.2) is 10.2 Å². The van der Waals surface area contributed by atoms with Crippen LogP contribution in [-0.2, 0) is 0 Å². The van der Waals surface area contributed by atoms with Crippen molar-refractivity contribution in [1.82, 2.24) is 10.2 Å². The van der Waals surface area contributed by atoms with Gasteiger partial charge in [0.2, 0.25) is 0 Å². The van der Waals surface area contributed by atoms with E-state index in [-0.39, 0.29) is 0 Å². The molecule has 1 aromatic carbocycles. The summed E-state index contributed by atoms with van der Waals surface area (Å²) in [5.41, 5.74) is 2.18. The summed E-state index contributed by atoms with van der Waals surface area (Å²) in [5, 5.41) is 9.34. The molecule has 2 aromatic rings. The van der Waals surface area contributed by atoms with Gasteiger partial charge in [-0.25, -0.2) is 0 Å². The first-order valence-electron chi connectivity index (χ1n) is 4.59. The molecule has 0 saturated carbocycles. The maximum Gasteiger partial charge on any atom is 0.152 e. The fourth-order valence-electron chi connectivity index (χ4n) is 1.39. The molecule has 14 heavy (non-hydrogen) atoms. The van der Waals surface area contributed by atoms with Gasteiger partial charge in [0, 0.05) is 5.39 Å². The fraction of sp³-hybridized carbons (Fsp3) is 0.273. The van der Waals surface area contributed by atoms with Crippen molar-refractivity contribution in [1.29, 1.82) is 0 Å². The van der Waals surface area contributed by atoms with E-state index in [4.69, 9.17) is 11.6 Å². The number of hydrogen-bond acceptors (Lipinski definition) is 2. The van der Waals surface area contributed by atoms with Crippen LogP contribution in [0.25, 0.3) is 10.9 Å². The highest BCUT2D eigenvalue weighted by atomic mass is 35.5. The van der Waals surface area contributed by atoms with Crippen molar-refractivity contribution in [3.05, 3.63) is 35.0 Å². The lowest BCUT2D eigenvalue weighted by Crippen LogP contribution is -1.90. The summed E-state index contributed by atoms with van der Waals surface area (Å²) in [6.07, 6.45) is 0. The van der Waals surface area contributed by atoms with Gasteiger partial charge in [0.15, 0.2) is 5.15 Å². The third kappa shape index (κ3) is 1.70. The van der Waals surface area contributed by atoms with E-state index >= 15 is 0 Å². The fourth-order valence-corrected chi connectivity index (χ4v) is 1.54. The average Bonchev–Trinajstić information content (AvgIpc) is 2.16. The van der Waals surface area contributed by atoms with E-state index in [9.17, 15) is 0 Å². The Morgan fingerprint density at radius 3 is 2.64 bits per heavy atom. The van der Waals surface area contributed by atoms with Gasteiger partial charge in [0.1, 0.15) is 0 Å². The largest absolute Gasteiger partial charge is 0.152 e. The number of aromatic nitrogens is 2. The van der Waals surface area contributed by atoms with Crippen molar-refractivity contribution in [2.45, 2.75) is 19.8 Å². The molecule has 3 heteroatoms.